The summed E-state index contributed by atoms with van der Waals surface area (Å²) in [7, 11) is -2.50. The summed E-state index contributed by atoms with van der Waals surface area (Å²) in [5.74, 6) is -2.31. The molecule has 12 heteroatoms. The van der Waals surface area contributed by atoms with Gasteiger partial charge in [0, 0.05) is 11.3 Å². The molecule has 38 heavy (non-hydrogen) atoms. The maximum atomic E-state index is 15.9. The minimum Gasteiger partial charge on any atom is -0.383 e. The van der Waals surface area contributed by atoms with E-state index in [2.05, 4.69) is 14.3 Å². The molecule has 1 N–H and O–H groups in total. The van der Waals surface area contributed by atoms with Gasteiger partial charge in [0.25, 0.3) is 5.91 Å². The Labute approximate surface area is 224 Å². The van der Waals surface area contributed by atoms with E-state index in [4.69, 9.17) is 0 Å². The Balaban J connectivity index is 2.09. The topological polar surface area (TPSA) is 92.5 Å². The first-order chi connectivity index (χ1) is 17.5. The fourth-order valence-electron chi connectivity index (χ4n) is 3.91. The zero-order chi connectivity index (χ0) is 28.6. The van der Waals surface area contributed by atoms with Gasteiger partial charge in [-0.15, -0.1) is 11.3 Å². The average molecular weight is 572 g/mol. The van der Waals surface area contributed by atoms with E-state index in [1.54, 1.807) is 27.7 Å². The molecule has 0 aliphatic carbocycles. The number of carbonyl (C=O) groups excluding carboxylic acids is 1. The van der Waals surface area contributed by atoms with E-state index in [1.165, 1.54) is 32.2 Å². The quantitative estimate of drug-likeness (QED) is 0.245. The molecule has 3 rings (SSSR count). The van der Waals surface area contributed by atoms with Crippen LogP contribution in [-0.2, 0) is 33.6 Å². The summed E-state index contributed by atoms with van der Waals surface area (Å²) in [5, 5.41) is 10.4. The van der Waals surface area contributed by atoms with Crippen LogP contribution in [-0.4, -0.2) is 25.2 Å². The normalized spacial score (nSPS) is 13.5. The molecule has 1 aromatic carbocycles. The Morgan fingerprint density at radius 3 is 2.34 bits per heavy atom. The number of hydrogen-bond donors (Lipinski definition) is 2. The van der Waals surface area contributed by atoms with Crippen LogP contribution in [0.1, 0.15) is 80.8 Å². The van der Waals surface area contributed by atoms with Crippen molar-refractivity contribution in [3.05, 3.63) is 63.7 Å². The number of pyridine rings is 1. The number of carbonyl (C=O) groups is 1. The van der Waals surface area contributed by atoms with Crippen LogP contribution in [0.3, 0.4) is 0 Å². The largest absolute Gasteiger partial charge is 0.416 e. The number of thiazole rings is 1. The first kappa shape index (κ1) is 29.9. The number of rotatable bonds is 7. The number of alkyl halides is 3. The summed E-state index contributed by atoms with van der Waals surface area (Å²) in [4.78, 5) is 21.3. The highest BCUT2D eigenvalue weighted by molar-refractivity contribution is 7.78. The van der Waals surface area contributed by atoms with Crippen molar-refractivity contribution in [1.82, 2.24) is 9.97 Å². The maximum Gasteiger partial charge on any atom is 0.416 e. The Bertz CT molecular complexity index is 1430. The fraction of sp³-hybridized carbons (Fsp3) is 0.423. The minimum atomic E-state index is -4.61. The van der Waals surface area contributed by atoms with Gasteiger partial charge in [0.2, 0.25) is 0 Å². The highest BCUT2D eigenvalue weighted by Crippen LogP contribution is 2.37. The van der Waals surface area contributed by atoms with Crippen molar-refractivity contribution in [2.24, 2.45) is 4.36 Å². The summed E-state index contributed by atoms with van der Waals surface area (Å²) < 4.78 is 72.4. The lowest BCUT2D eigenvalue weighted by Crippen LogP contribution is -2.15. The van der Waals surface area contributed by atoms with Crippen LogP contribution in [0.25, 0.3) is 11.3 Å². The van der Waals surface area contributed by atoms with Gasteiger partial charge in [-0.3, -0.25) is 4.79 Å². The fourth-order valence-corrected chi connectivity index (χ4v) is 5.79. The molecule has 3 aromatic rings. The average Bonchev–Trinajstić information content (AvgIpc) is 3.29. The molecule has 0 fully saturated rings. The second-order valence-corrected chi connectivity index (χ2v) is 12.5. The Kier molecular flexibility index (Phi) is 8.79. The summed E-state index contributed by atoms with van der Waals surface area (Å²) in [5.41, 5.74) is -1.65. The summed E-state index contributed by atoms with van der Waals surface area (Å²) in [6.45, 7) is 10.0. The van der Waals surface area contributed by atoms with Gasteiger partial charge < -0.3 is 5.11 Å². The molecule has 0 spiro atoms. The number of amides is 1. The molecule has 206 valence electrons. The number of hydrogen-bond acceptors (Lipinski definition) is 6. The van der Waals surface area contributed by atoms with Gasteiger partial charge >= 0.3 is 6.18 Å². The molecule has 0 saturated carbocycles. The van der Waals surface area contributed by atoms with E-state index >= 15 is 4.39 Å². The smallest absolute Gasteiger partial charge is 0.383 e. The van der Waals surface area contributed by atoms with Gasteiger partial charge in [-0.25, -0.2) is 18.6 Å². The van der Waals surface area contributed by atoms with Crippen LogP contribution in [0.15, 0.2) is 39.0 Å². The van der Waals surface area contributed by atoms with Gasteiger partial charge in [-0.1, -0.05) is 39.8 Å². The molecule has 1 amide bonds. The van der Waals surface area contributed by atoms with Gasteiger partial charge in [0.1, 0.15) is 20.5 Å². The SMILES string of the molecule is CC(C)c1nc(-c2cccc(C(F)(F)F)c2)c(F)c(C(C)C)c1CC(=O)/N=[SH](=O)/c1cnc(C(C)(C)O)s1. The summed E-state index contributed by atoms with van der Waals surface area (Å²) in [6, 6.07) is 4.30. The minimum absolute atomic E-state index is 0.0282. The third-order valence-electron chi connectivity index (χ3n) is 5.63. The van der Waals surface area contributed by atoms with Crippen molar-refractivity contribution in [3.8, 4) is 11.3 Å². The predicted octanol–water partition coefficient (Wildman–Crippen LogP) is 6.63. The monoisotopic (exact) mass is 571 g/mol. The van der Waals surface area contributed by atoms with Crippen molar-refractivity contribution in [2.45, 2.75) is 75.8 Å². The lowest BCUT2D eigenvalue weighted by atomic mass is 9.88. The standard InChI is InChI=1S/C26H29F4N3O3S2/c1-13(2)20-17(11-18(34)33-38(36)19-12-31-24(37-19)25(5,6)35)22(14(3)4)32-23(21(20)27)15-8-7-9-16(10-15)26(28,29)30/h7-10,12-14,35,38H,11H2,1-6H3. The van der Waals surface area contributed by atoms with E-state index in [1.807, 2.05) is 0 Å². The third-order valence-corrected chi connectivity index (χ3v) is 8.39. The van der Waals surface area contributed by atoms with Crippen molar-refractivity contribution >= 4 is 27.8 Å². The molecule has 2 heterocycles. The van der Waals surface area contributed by atoms with Crippen LogP contribution in [0.4, 0.5) is 17.6 Å². The van der Waals surface area contributed by atoms with E-state index in [0.29, 0.717) is 10.7 Å². The second-order valence-electron chi connectivity index (χ2n) is 9.95. The predicted molar refractivity (Wildman–Crippen MR) is 139 cm³/mol. The van der Waals surface area contributed by atoms with Crippen LogP contribution in [0.2, 0.25) is 0 Å². The van der Waals surface area contributed by atoms with Crippen molar-refractivity contribution in [3.63, 3.8) is 0 Å². The maximum absolute atomic E-state index is 15.9. The van der Waals surface area contributed by atoms with Crippen molar-refractivity contribution < 1.29 is 31.7 Å². The van der Waals surface area contributed by atoms with Crippen LogP contribution in [0.5, 0.6) is 0 Å². The summed E-state index contributed by atoms with van der Waals surface area (Å²) >= 11 is 0.974. The van der Waals surface area contributed by atoms with Crippen LogP contribution < -0.4 is 0 Å². The van der Waals surface area contributed by atoms with E-state index in [-0.39, 0.29) is 38.9 Å². The van der Waals surface area contributed by atoms with Crippen LogP contribution >= 0.6 is 11.3 Å². The second kappa shape index (κ2) is 11.2. The molecule has 1 atom stereocenters. The first-order valence-corrected chi connectivity index (χ1v) is 13.8. The molecule has 0 radical (unpaired) electrons. The Morgan fingerprint density at radius 2 is 1.82 bits per heavy atom. The molecule has 2 aromatic heterocycles. The molecule has 0 bridgehead atoms. The van der Waals surface area contributed by atoms with Crippen LogP contribution in [0, 0.1) is 5.82 Å². The Morgan fingerprint density at radius 1 is 1.16 bits per heavy atom. The van der Waals surface area contributed by atoms with Crippen molar-refractivity contribution in [2.75, 3.05) is 0 Å². The summed E-state index contributed by atoms with van der Waals surface area (Å²) in [6.07, 6.45) is -3.70. The molecular formula is C26H29F4N3O3S2. The highest BCUT2D eigenvalue weighted by atomic mass is 32.2. The zero-order valence-corrected chi connectivity index (χ0v) is 23.4. The number of benzene rings is 1. The van der Waals surface area contributed by atoms with Crippen molar-refractivity contribution in [1.29, 1.82) is 0 Å². The molecule has 6 nitrogen and oxygen atoms in total. The number of aliphatic hydroxyl groups is 1. The highest BCUT2D eigenvalue weighted by Gasteiger charge is 2.32. The molecule has 0 aliphatic heterocycles. The number of aromatic nitrogens is 2. The van der Waals surface area contributed by atoms with Gasteiger partial charge in [-0.2, -0.15) is 17.5 Å². The molecule has 1 unspecified atom stereocenters. The molecular weight excluding hydrogens is 542 g/mol. The lowest BCUT2D eigenvalue weighted by Gasteiger charge is -2.21. The van der Waals surface area contributed by atoms with E-state index in [0.717, 1.165) is 23.5 Å². The lowest BCUT2D eigenvalue weighted by molar-refractivity contribution is -0.137. The molecule has 0 saturated heterocycles. The van der Waals surface area contributed by atoms with E-state index in [9.17, 15) is 27.3 Å². The first-order valence-electron chi connectivity index (χ1n) is 11.8. The van der Waals surface area contributed by atoms with Gasteiger partial charge in [-0.05, 0) is 48.9 Å². The third kappa shape index (κ3) is 6.65. The number of halogens is 4. The number of nitrogens with zero attached hydrogens (tertiary/aromatic N) is 3. The molecule has 0 aliphatic rings. The Hall–Kier alpha value is -2.70. The zero-order valence-electron chi connectivity index (χ0n) is 21.7. The van der Waals surface area contributed by atoms with Gasteiger partial charge in [0.15, 0.2) is 5.82 Å². The number of thiol groups is 1. The van der Waals surface area contributed by atoms with Gasteiger partial charge in [0.05, 0.1) is 28.8 Å². The van der Waals surface area contributed by atoms with E-state index < -0.39 is 45.6 Å².